The monoisotopic (exact) mass is 267 g/mol. The van der Waals surface area contributed by atoms with Crippen LogP contribution < -0.4 is 5.32 Å². The van der Waals surface area contributed by atoms with E-state index in [1.54, 1.807) is 20.8 Å². The van der Waals surface area contributed by atoms with E-state index in [1.165, 1.54) is 18.6 Å². The highest BCUT2D eigenvalue weighted by Gasteiger charge is 2.24. The molecule has 19 heavy (non-hydrogen) atoms. The van der Waals surface area contributed by atoms with Crippen molar-refractivity contribution in [1.29, 1.82) is 0 Å². The molecule has 0 saturated heterocycles. The van der Waals surface area contributed by atoms with Gasteiger partial charge in [0.15, 0.2) is 0 Å². The van der Waals surface area contributed by atoms with Gasteiger partial charge in [-0.05, 0) is 20.8 Å². The number of carbonyl (C=O) groups is 2. The first-order valence-electron chi connectivity index (χ1n) is 5.75. The van der Waals surface area contributed by atoms with E-state index in [-0.39, 0.29) is 6.42 Å². The van der Waals surface area contributed by atoms with Crippen molar-refractivity contribution in [1.82, 2.24) is 15.3 Å². The fourth-order valence-electron chi connectivity index (χ4n) is 1.29. The third-order valence-corrected chi connectivity index (χ3v) is 2.02. The zero-order valence-electron chi connectivity index (χ0n) is 11.1. The van der Waals surface area contributed by atoms with Gasteiger partial charge in [-0.25, -0.2) is 9.59 Å². The molecule has 0 bridgehead atoms. The second kappa shape index (κ2) is 6.12. The van der Waals surface area contributed by atoms with Crippen LogP contribution >= 0.6 is 0 Å². The Balaban J connectivity index is 2.64. The highest BCUT2D eigenvalue weighted by Crippen LogP contribution is 2.07. The first kappa shape index (κ1) is 14.9. The number of carbonyl (C=O) groups excluding carboxylic acids is 1. The minimum Gasteiger partial charge on any atom is -0.480 e. The summed E-state index contributed by atoms with van der Waals surface area (Å²) in [5, 5.41) is 11.4. The molecule has 1 aromatic heterocycles. The topological polar surface area (TPSA) is 101 Å². The van der Waals surface area contributed by atoms with Gasteiger partial charge in [0.2, 0.25) is 0 Å². The summed E-state index contributed by atoms with van der Waals surface area (Å²) < 4.78 is 5.01. The third-order valence-electron chi connectivity index (χ3n) is 2.02. The Bertz CT molecular complexity index is 442. The molecular formula is C12H17N3O4. The van der Waals surface area contributed by atoms with E-state index in [9.17, 15) is 9.59 Å². The number of ether oxygens (including phenoxy) is 1. The number of hydrogen-bond donors (Lipinski definition) is 2. The summed E-state index contributed by atoms with van der Waals surface area (Å²) in [6.45, 7) is 5.10. The molecule has 1 heterocycles. The predicted octanol–water partition coefficient (Wildman–Crippen LogP) is 0.997. The van der Waals surface area contributed by atoms with E-state index in [2.05, 4.69) is 15.3 Å². The number of carboxylic acid groups (broad SMARTS) is 1. The lowest BCUT2D eigenvalue weighted by atomic mass is 10.1. The lowest BCUT2D eigenvalue weighted by Gasteiger charge is -2.21. The van der Waals surface area contributed by atoms with Crippen LogP contribution in [0.25, 0.3) is 0 Å². The van der Waals surface area contributed by atoms with Crippen LogP contribution in [-0.2, 0) is 16.0 Å². The Labute approximate surface area is 111 Å². The Morgan fingerprint density at radius 3 is 2.58 bits per heavy atom. The van der Waals surface area contributed by atoms with Gasteiger partial charge in [0.1, 0.15) is 11.6 Å². The van der Waals surface area contributed by atoms with Gasteiger partial charge in [-0.3, -0.25) is 9.97 Å². The molecule has 2 N–H and O–H groups in total. The summed E-state index contributed by atoms with van der Waals surface area (Å²) in [6, 6.07) is -1.11. The quantitative estimate of drug-likeness (QED) is 0.843. The molecule has 0 aliphatic rings. The van der Waals surface area contributed by atoms with Crippen LogP contribution in [0.4, 0.5) is 4.79 Å². The maximum Gasteiger partial charge on any atom is 0.408 e. The lowest BCUT2D eigenvalue weighted by molar-refractivity contribution is -0.139. The van der Waals surface area contributed by atoms with Crippen LogP contribution in [0.3, 0.4) is 0 Å². The van der Waals surface area contributed by atoms with Crippen LogP contribution in [0, 0.1) is 0 Å². The van der Waals surface area contributed by atoms with Crippen molar-refractivity contribution in [2.45, 2.75) is 38.8 Å². The second-order valence-corrected chi connectivity index (χ2v) is 4.94. The van der Waals surface area contributed by atoms with E-state index < -0.39 is 23.7 Å². The Kier molecular flexibility index (Phi) is 4.80. The average Bonchev–Trinajstić information content (AvgIpc) is 2.26. The first-order chi connectivity index (χ1) is 8.78. The number of aromatic nitrogens is 2. The van der Waals surface area contributed by atoms with E-state index in [4.69, 9.17) is 9.84 Å². The number of aliphatic carboxylic acids is 1. The molecule has 7 heteroatoms. The highest BCUT2D eigenvalue weighted by molar-refractivity contribution is 5.80. The number of amides is 1. The molecule has 1 unspecified atom stereocenters. The summed E-state index contributed by atoms with van der Waals surface area (Å²) in [4.78, 5) is 30.4. The van der Waals surface area contributed by atoms with Gasteiger partial charge in [-0.1, -0.05) is 0 Å². The van der Waals surface area contributed by atoms with Crippen molar-refractivity contribution in [3.8, 4) is 0 Å². The Morgan fingerprint density at radius 1 is 1.42 bits per heavy atom. The smallest absolute Gasteiger partial charge is 0.408 e. The number of nitrogens with zero attached hydrogens (tertiary/aromatic N) is 2. The Morgan fingerprint density at radius 2 is 2.11 bits per heavy atom. The van der Waals surface area contributed by atoms with Gasteiger partial charge in [0.25, 0.3) is 0 Å². The zero-order chi connectivity index (χ0) is 14.5. The number of nitrogens with one attached hydrogen (secondary N) is 1. The molecule has 0 aliphatic heterocycles. The van der Waals surface area contributed by atoms with Crippen LogP contribution in [-0.4, -0.2) is 38.8 Å². The molecule has 1 amide bonds. The van der Waals surface area contributed by atoms with Crippen LogP contribution in [0.1, 0.15) is 26.5 Å². The molecule has 0 radical (unpaired) electrons. The third kappa shape index (κ3) is 5.80. The standard InChI is InChI=1S/C12H17N3O4/c1-12(2,3)19-11(18)15-9(10(16)17)6-8-7-13-4-5-14-8/h4-5,7,9H,6H2,1-3H3,(H,15,18)(H,16,17). The minimum absolute atomic E-state index is 0.0441. The Hall–Kier alpha value is -2.18. The van der Waals surface area contributed by atoms with Crippen molar-refractivity contribution in [2.24, 2.45) is 0 Å². The van der Waals surface area contributed by atoms with Crippen molar-refractivity contribution in [3.63, 3.8) is 0 Å². The molecular weight excluding hydrogens is 250 g/mol. The molecule has 7 nitrogen and oxygen atoms in total. The van der Waals surface area contributed by atoms with Gasteiger partial charge in [0.05, 0.1) is 5.69 Å². The van der Waals surface area contributed by atoms with Gasteiger partial charge >= 0.3 is 12.1 Å². The molecule has 0 aliphatic carbocycles. The number of rotatable bonds is 4. The van der Waals surface area contributed by atoms with Crippen LogP contribution in [0.15, 0.2) is 18.6 Å². The summed E-state index contributed by atoms with van der Waals surface area (Å²) in [5.41, 5.74) is -0.203. The second-order valence-electron chi connectivity index (χ2n) is 4.94. The molecule has 104 valence electrons. The number of alkyl carbamates (subject to hydrolysis) is 1. The van der Waals surface area contributed by atoms with E-state index in [0.29, 0.717) is 5.69 Å². The van der Waals surface area contributed by atoms with Gasteiger partial charge in [-0.15, -0.1) is 0 Å². The van der Waals surface area contributed by atoms with Crippen molar-refractivity contribution >= 4 is 12.1 Å². The summed E-state index contributed by atoms with van der Waals surface area (Å²) in [5.74, 6) is -1.16. The summed E-state index contributed by atoms with van der Waals surface area (Å²) in [6.07, 6.45) is 3.67. The van der Waals surface area contributed by atoms with Crippen molar-refractivity contribution < 1.29 is 19.4 Å². The van der Waals surface area contributed by atoms with Crippen molar-refractivity contribution in [2.75, 3.05) is 0 Å². The molecule has 1 aromatic rings. The van der Waals surface area contributed by atoms with Gasteiger partial charge in [0, 0.05) is 25.0 Å². The average molecular weight is 267 g/mol. The van der Waals surface area contributed by atoms with E-state index in [0.717, 1.165) is 0 Å². The summed E-state index contributed by atoms with van der Waals surface area (Å²) in [7, 11) is 0. The van der Waals surface area contributed by atoms with Gasteiger partial charge in [-0.2, -0.15) is 0 Å². The van der Waals surface area contributed by atoms with Crippen LogP contribution in [0.5, 0.6) is 0 Å². The maximum atomic E-state index is 11.5. The summed E-state index contributed by atoms with van der Waals surface area (Å²) >= 11 is 0. The number of hydrogen-bond acceptors (Lipinski definition) is 5. The minimum atomic E-state index is -1.16. The molecule has 0 spiro atoms. The van der Waals surface area contributed by atoms with Crippen molar-refractivity contribution in [3.05, 3.63) is 24.3 Å². The molecule has 0 aromatic carbocycles. The maximum absolute atomic E-state index is 11.5. The van der Waals surface area contributed by atoms with E-state index >= 15 is 0 Å². The lowest BCUT2D eigenvalue weighted by Crippen LogP contribution is -2.44. The fourth-order valence-corrected chi connectivity index (χ4v) is 1.29. The fraction of sp³-hybridized carbons (Fsp3) is 0.500. The zero-order valence-corrected chi connectivity index (χ0v) is 11.1. The largest absolute Gasteiger partial charge is 0.480 e. The molecule has 0 fully saturated rings. The number of carboxylic acids is 1. The molecule has 1 rings (SSSR count). The van der Waals surface area contributed by atoms with E-state index in [1.807, 2.05) is 0 Å². The van der Waals surface area contributed by atoms with Gasteiger partial charge < -0.3 is 15.2 Å². The molecule has 1 atom stereocenters. The highest BCUT2D eigenvalue weighted by atomic mass is 16.6. The SMILES string of the molecule is CC(C)(C)OC(=O)NC(Cc1cnccn1)C(=O)O. The molecule has 0 saturated carbocycles. The first-order valence-corrected chi connectivity index (χ1v) is 5.75. The normalized spacial score (nSPS) is 12.6. The van der Waals surface area contributed by atoms with Crippen LogP contribution in [0.2, 0.25) is 0 Å². The predicted molar refractivity (Wildman–Crippen MR) is 66.5 cm³/mol.